The summed E-state index contributed by atoms with van der Waals surface area (Å²) in [6.45, 7) is 4.76. The van der Waals surface area contributed by atoms with Crippen LogP contribution < -0.4 is 0 Å². The van der Waals surface area contributed by atoms with E-state index in [2.05, 4.69) is 15.0 Å². The Balaban J connectivity index is 1.52. The van der Waals surface area contributed by atoms with Crippen LogP contribution in [0.5, 0.6) is 0 Å². The maximum atomic E-state index is 6.35. The molecule has 6 heteroatoms. The lowest BCUT2D eigenvalue weighted by atomic mass is 10.1. The molecule has 0 aromatic carbocycles. The monoisotopic (exact) mass is 317 g/mol. The summed E-state index contributed by atoms with van der Waals surface area (Å²) in [5.41, 5.74) is 4.64. The van der Waals surface area contributed by atoms with Gasteiger partial charge < -0.3 is 0 Å². The number of aromatic nitrogens is 4. The molecule has 2 aromatic heterocycles. The van der Waals surface area contributed by atoms with E-state index in [4.69, 9.17) is 16.6 Å². The molecule has 0 amide bonds. The van der Waals surface area contributed by atoms with Crippen LogP contribution >= 0.6 is 11.6 Å². The van der Waals surface area contributed by atoms with Crippen molar-refractivity contribution in [2.24, 2.45) is 7.05 Å². The fourth-order valence-corrected chi connectivity index (χ4v) is 3.37. The molecular formula is C16H20ClN5. The number of fused-ring (bicyclic) bond motifs is 1. The van der Waals surface area contributed by atoms with Crippen LogP contribution in [0, 0.1) is 6.92 Å². The first-order valence-electron chi connectivity index (χ1n) is 7.87. The topological polar surface area (TPSA) is 46.8 Å². The minimum atomic E-state index is 0.625. The maximum Gasteiger partial charge on any atom is 0.131 e. The normalized spacial score (nSPS) is 18.5. The van der Waals surface area contributed by atoms with Gasteiger partial charge in [-0.3, -0.25) is 9.58 Å². The summed E-state index contributed by atoms with van der Waals surface area (Å²) in [6, 6.07) is 0. The van der Waals surface area contributed by atoms with Gasteiger partial charge in [0.25, 0.3) is 0 Å². The molecule has 0 atom stereocenters. The van der Waals surface area contributed by atoms with Gasteiger partial charge in [0.15, 0.2) is 0 Å². The molecule has 2 aromatic rings. The van der Waals surface area contributed by atoms with E-state index in [0.29, 0.717) is 5.92 Å². The van der Waals surface area contributed by atoms with E-state index in [1.165, 1.54) is 24.1 Å². The van der Waals surface area contributed by atoms with E-state index in [-0.39, 0.29) is 0 Å². The first kappa shape index (κ1) is 14.2. The minimum absolute atomic E-state index is 0.625. The summed E-state index contributed by atoms with van der Waals surface area (Å²) >= 11 is 6.35. The van der Waals surface area contributed by atoms with Gasteiger partial charge in [-0.05, 0) is 19.8 Å². The summed E-state index contributed by atoms with van der Waals surface area (Å²) in [6.07, 6.45) is 5.53. The molecule has 0 bridgehead atoms. The lowest BCUT2D eigenvalue weighted by Gasteiger charge is -2.28. The Morgan fingerprint density at radius 3 is 2.86 bits per heavy atom. The highest BCUT2D eigenvalue weighted by Crippen LogP contribution is 2.38. The largest absolute Gasteiger partial charge is 0.294 e. The number of hydrogen-bond acceptors (Lipinski definition) is 4. The van der Waals surface area contributed by atoms with Crippen molar-refractivity contribution in [3.8, 4) is 0 Å². The highest BCUT2D eigenvalue weighted by Gasteiger charge is 2.28. The average molecular weight is 318 g/mol. The second kappa shape index (κ2) is 5.32. The predicted molar refractivity (Wildman–Crippen MR) is 84.8 cm³/mol. The third-order valence-electron chi connectivity index (χ3n) is 4.63. The van der Waals surface area contributed by atoms with E-state index in [1.54, 1.807) is 4.68 Å². The molecular weight excluding hydrogens is 298 g/mol. The first-order chi connectivity index (χ1) is 10.6. The van der Waals surface area contributed by atoms with Crippen molar-refractivity contribution in [3.05, 3.63) is 39.7 Å². The fraction of sp³-hybridized carbons (Fsp3) is 0.562. The third kappa shape index (κ3) is 2.52. The van der Waals surface area contributed by atoms with Gasteiger partial charge in [-0.15, -0.1) is 0 Å². The van der Waals surface area contributed by atoms with Crippen LogP contribution in [0.1, 0.15) is 47.1 Å². The SMILES string of the molecule is Cc1nn(C)c(Cl)c1CN1CCc2nc(C3CC3)ncc2C1. The molecule has 0 N–H and O–H groups in total. The van der Waals surface area contributed by atoms with Crippen molar-refractivity contribution in [2.75, 3.05) is 6.54 Å². The minimum Gasteiger partial charge on any atom is -0.294 e. The molecule has 1 aliphatic carbocycles. The lowest BCUT2D eigenvalue weighted by molar-refractivity contribution is 0.242. The standard InChI is InChI=1S/C16H20ClN5/c1-10-13(15(17)21(2)20-10)9-22-6-5-14-12(8-22)7-18-16(19-14)11-3-4-11/h7,11H,3-6,8-9H2,1-2H3. The van der Waals surface area contributed by atoms with E-state index < -0.39 is 0 Å². The zero-order chi connectivity index (χ0) is 15.3. The van der Waals surface area contributed by atoms with Crippen LogP contribution in [0.2, 0.25) is 5.15 Å². The zero-order valence-electron chi connectivity index (χ0n) is 13.0. The van der Waals surface area contributed by atoms with Crippen LogP contribution in [0.4, 0.5) is 0 Å². The molecule has 0 saturated heterocycles. The summed E-state index contributed by atoms with van der Waals surface area (Å²) in [5, 5.41) is 5.13. The van der Waals surface area contributed by atoms with Crippen LogP contribution in [0.3, 0.4) is 0 Å². The quantitative estimate of drug-likeness (QED) is 0.873. The Morgan fingerprint density at radius 2 is 2.18 bits per heavy atom. The van der Waals surface area contributed by atoms with Crippen molar-refractivity contribution in [1.82, 2.24) is 24.6 Å². The van der Waals surface area contributed by atoms with Crippen LogP contribution in [-0.4, -0.2) is 31.2 Å². The summed E-state index contributed by atoms with van der Waals surface area (Å²) < 4.78 is 1.75. The second-order valence-corrected chi connectivity index (χ2v) is 6.77. The Morgan fingerprint density at radius 1 is 1.36 bits per heavy atom. The molecule has 2 aliphatic rings. The third-order valence-corrected chi connectivity index (χ3v) is 5.10. The smallest absolute Gasteiger partial charge is 0.131 e. The molecule has 1 aliphatic heterocycles. The molecule has 0 radical (unpaired) electrons. The molecule has 5 nitrogen and oxygen atoms in total. The summed E-state index contributed by atoms with van der Waals surface area (Å²) in [4.78, 5) is 11.7. The first-order valence-corrected chi connectivity index (χ1v) is 8.24. The van der Waals surface area contributed by atoms with Crippen molar-refractivity contribution in [1.29, 1.82) is 0 Å². The molecule has 116 valence electrons. The fourth-order valence-electron chi connectivity index (χ4n) is 3.14. The number of rotatable bonds is 3. The van der Waals surface area contributed by atoms with Crippen LogP contribution in [0.25, 0.3) is 0 Å². The van der Waals surface area contributed by atoms with Crippen molar-refractivity contribution in [2.45, 2.75) is 45.2 Å². The van der Waals surface area contributed by atoms with Crippen molar-refractivity contribution >= 4 is 11.6 Å². The molecule has 0 spiro atoms. The zero-order valence-corrected chi connectivity index (χ0v) is 13.8. The molecule has 3 heterocycles. The van der Waals surface area contributed by atoms with Gasteiger partial charge in [-0.1, -0.05) is 11.6 Å². The Labute approximate surface area is 135 Å². The number of aryl methyl sites for hydroxylation is 2. The van der Waals surface area contributed by atoms with E-state index in [1.807, 2.05) is 20.2 Å². The second-order valence-electron chi connectivity index (χ2n) is 6.41. The lowest BCUT2D eigenvalue weighted by Crippen LogP contribution is -2.31. The average Bonchev–Trinajstić information content (AvgIpc) is 3.32. The van der Waals surface area contributed by atoms with Crippen molar-refractivity contribution < 1.29 is 0 Å². The van der Waals surface area contributed by atoms with Crippen LogP contribution in [-0.2, 0) is 26.6 Å². The van der Waals surface area contributed by atoms with Gasteiger partial charge in [0.2, 0.25) is 0 Å². The molecule has 1 saturated carbocycles. The summed E-state index contributed by atoms with van der Waals surface area (Å²) in [5.74, 6) is 1.68. The Kier molecular flexibility index (Phi) is 3.42. The summed E-state index contributed by atoms with van der Waals surface area (Å²) in [7, 11) is 1.89. The van der Waals surface area contributed by atoms with E-state index in [0.717, 1.165) is 48.3 Å². The predicted octanol–water partition coefficient (Wildman–Crippen LogP) is 2.61. The Bertz CT molecular complexity index is 720. The molecule has 22 heavy (non-hydrogen) atoms. The van der Waals surface area contributed by atoms with E-state index in [9.17, 15) is 0 Å². The number of hydrogen-bond donors (Lipinski definition) is 0. The molecule has 1 fully saturated rings. The Hall–Kier alpha value is -1.46. The number of nitrogens with zero attached hydrogens (tertiary/aromatic N) is 5. The van der Waals surface area contributed by atoms with Crippen LogP contribution in [0.15, 0.2) is 6.20 Å². The highest BCUT2D eigenvalue weighted by molar-refractivity contribution is 6.30. The maximum absolute atomic E-state index is 6.35. The number of halogens is 1. The van der Waals surface area contributed by atoms with Gasteiger partial charge >= 0.3 is 0 Å². The molecule has 0 unspecified atom stereocenters. The van der Waals surface area contributed by atoms with Gasteiger partial charge in [0, 0.05) is 62.0 Å². The van der Waals surface area contributed by atoms with Gasteiger partial charge in [-0.2, -0.15) is 5.10 Å². The molecule has 4 rings (SSSR count). The van der Waals surface area contributed by atoms with Gasteiger partial charge in [0.1, 0.15) is 11.0 Å². The highest BCUT2D eigenvalue weighted by atomic mass is 35.5. The van der Waals surface area contributed by atoms with Gasteiger partial charge in [0.05, 0.1) is 5.69 Å². The van der Waals surface area contributed by atoms with E-state index >= 15 is 0 Å². The van der Waals surface area contributed by atoms with Crippen molar-refractivity contribution in [3.63, 3.8) is 0 Å². The van der Waals surface area contributed by atoms with Gasteiger partial charge in [-0.25, -0.2) is 9.97 Å².